The van der Waals surface area contributed by atoms with Gasteiger partial charge in [0.15, 0.2) is 10.9 Å². The Balaban J connectivity index is 1.15. The van der Waals surface area contributed by atoms with E-state index in [1.54, 1.807) is 0 Å². The normalized spacial score (nSPS) is 28.0. The minimum Gasteiger partial charge on any atom is -0.406 e. The molecule has 2 spiro atoms. The second-order valence-electron chi connectivity index (χ2n) is 11.3. The summed E-state index contributed by atoms with van der Waals surface area (Å²) < 4.78 is 20.8. The lowest BCUT2D eigenvalue weighted by Crippen LogP contribution is -2.51. The number of aromatic nitrogens is 2. The predicted molar refractivity (Wildman–Crippen MR) is 160 cm³/mol. The van der Waals surface area contributed by atoms with Crippen LogP contribution in [0.1, 0.15) is 53.3 Å². The minimum absolute atomic E-state index is 0.0259. The lowest BCUT2D eigenvalue weighted by Gasteiger charge is -2.41. The summed E-state index contributed by atoms with van der Waals surface area (Å²) >= 11 is 8.55. The fraction of sp³-hybridized carbons (Fsp3) is 0.419. The second kappa shape index (κ2) is 10.3. The average molecular weight is 700 g/mol. The first-order chi connectivity index (χ1) is 19.7. The molecule has 10 heteroatoms. The molecule has 0 bridgehead atoms. The van der Waals surface area contributed by atoms with Crippen molar-refractivity contribution in [1.29, 1.82) is 0 Å². The van der Waals surface area contributed by atoms with Crippen molar-refractivity contribution >= 4 is 55.4 Å². The zero-order valence-electron chi connectivity index (χ0n) is 22.7. The Morgan fingerprint density at radius 2 is 1.73 bits per heavy atom. The van der Waals surface area contributed by atoms with Crippen LogP contribution in [-0.2, 0) is 56.1 Å². The number of hydrogen-bond acceptors (Lipinski definition) is 8. The van der Waals surface area contributed by atoms with E-state index in [0.717, 1.165) is 39.5 Å². The van der Waals surface area contributed by atoms with Gasteiger partial charge in [-0.15, -0.1) is 0 Å². The summed E-state index contributed by atoms with van der Waals surface area (Å²) in [7, 11) is 0. The first kappa shape index (κ1) is 27.7. The van der Waals surface area contributed by atoms with Gasteiger partial charge in [-0.05, 0) is 78.5 Å². The number of rotatable bonds is 3. The third kappa shape index (κ3) is 4.44. The van der Waals surface area contributed by atoms with E-state index in [0.29, 0.717) is 23.6 Å². The predicted octanol–water partition coefficient (Wildman–Crippen LogP) is 6.24. The van der Waals surface area contributed by atoms with E-state index < -0.39 is 29.0 Å². The van der Waals surface area contributed by atoms with E-state index in [1.165, 1.54) is 28.5 Å². The summed E-state index contributed by atoms with van der Waals surface area (Å²) in [5.41, 5.74) is 4.95. The molecule has 4 unspecified atom stereocenters. The maximum atomic E-state index is 13.7. The Kier molecular flexibility index (Phi) is 6.93. The standard InChI is InChI=1S/C31H28Br2N2O5S/c1-16-26(36)22(15-39-31(16)10-8-18-4-6-20(33)12-24(18)31)28(37)40-27-21-14-38-30(13-25(21)34-29(35-27)41-2)9-7-17-3-5-19(32)11-23(17)30/h3-6,11-12,16,22H,7-10,13-15H2,1-2H3. The molecule has 7 rings (SSSR count). The molecule has 7 nitrogen and oxygen atoms in total. The number of carbonyl (C=O) groups is 2. The minimum atomic E-state index is -1.02. The van der Waals surface area contributed by atoms with Crippen LogP contribution < -0.4 is 4.74 Å². The third-order valence-electron chi connectivity index (χ3n) is 9.28. The van der Waals surface area contributed by atoms with Crippen molar-refractivity contribution < 1.29 is 23.8 Å². The smallest absolute Gasteiger partial charge is 0.325 e. The molecule has 3 heterocycles. The molecule has 0 amide bonds. The van der Waals surface area contributed by atoms with Crippen molar-refractivity contribution in [3.8, 4) is 5.88 Å². The number of ketones is 1. The number of halogens is 2. The van der Waals surface area contributed by atoms with Crippen molar-refractivity contribution in [2.24, 2.45) is 11.8 Å². The first-order valence-electron chi connectivity index (χ1n) is 13.8. The van der Waals surface area contributed by atoms with Gasteiger partial charge in [-0.1, -0.05) is 62.7 Å². The SMILES string of the molecule is CSc1nc2c(c(OC(=O)C3COC4(CCc5ccc(Br)cc54)C(C)C3=O)n1)COC1(CCc3ccc(Br)cc31)C2. The third-order valence-corrected chi connectivity index (χ3v) is 10.8. The summed E-state index contributed by atoms with van der Waals surface area (Å²) in [5.74, 6) is -2.15. The van der Waals surface area contributed by atoms with Gasteiger partial charge in [0.2, 0.25) is 5.88 Å². The Labute approximate surface area is 259 Å². The molecular weight excluding hydrogens is 672 g/mol. The molecule has 0 N–H and O–H groups in total. The molecule has 2 aromatic carbocycles. The highest BCUT2D eigenvalue weighted by molar-refractivity contribution is 9.10. The van der Waals surface area contributed by atoms with Crippen LogP contribution in [0.15, 0.2) is 50.5 Å². The van der Waals surface area contributed by atoms with E-state index in [-0.39, 0.29) is 24.9 Å². The Morgan fingerprint density at radius 1 is 1.02 bits per heavy atom. The van der Waals surface area contributed by atoms with Gasteiger partial charge in [0, 0.05) is 21.3 Å². The van der Waals surface area contributed by atoms with Crippen molar-refractivity contribution in [2.75, 3.05) is 12.9 Å². The number of carbonyl (C=O) groups excluding carboxylic acids is 2. The summed E-state index contributed by atoms with van der Waals surface area (Å²) in [6, 6.07) is 12.5. The quantitative estimate of drug-likeness (QED) is 0.138. The molecule has 1 aromatic heterocycles. The van der Waals surface area contributed by atoms with Crippen LogP contribution in [0.2, 0.25) is 0 Å². The van der Waals surface area contributed by atoms with Crippen LogP contribution in [0.5, 0.6) is 5.88 Å². The van der Waals surface area contributed by atoms with Crippen molar-refractivity contribution in [2.45, 2.75) is 62.0 Å². The van der Waals surface area contributed by atoms with Gasteiger partial charge in [0.1, 0.15) is 11.5 Å². The van der Waals surface area contributed by atoms with Crippen LogP contribution in [0, 0.1) is 11.8 Å². The molecule has 212 valence electrons. The largest absolute Gasteiger partial charge is 0.406 e. The number of benzene rings is 2. The molecule has 3 aromatic rings. The van der Waals surface area contributed by atoms with Crippen LogP contribution in [0.3, 0.4) is 0 Å². The second-order valence-corrected chi connectivity index (χ2v) is 13.9. The van der Waals surface area contributed by atoms with Gasteiger partial charge in [-0.25, -0.2) is 4.98 Å². The molecule has 4 atom stereocenters. The molecule has 2 aliphatic heterocycles. The van der Waals surface area contributed by atoms with E-state index in [1.807, 2.05) is 25.3 Å². The monoisotopic (exact) mass is 698 g/mol. The number of nitrogens with zero attached hydrogens (tertiary/aromatic N) is 2. The number of thioether (sulfide) groups is 1. The van der Waals surface area contributed by atoms with Crippen LogP contribution in [-0.4, -0.2) is 34.6 Å². The fourth-order valence-electron chi connectivity index (χ4n) is 7.02. The van der Waals surface area contributed by atoms with E-state index >= 15 is 0 Å². The van der Waals surface area contributed by atoms with E-state index in [4.69, 9.17) is 19.2 Å². The number of esters is 1. The lowest BCUT2D eigenvalue weighted by atomic mass is 9.75. The summed E-state index contributed by atoms with van der Waals surface area (Å²) in [5, 5.41) is 0.516. The van der Waals surface area contributed by atoms with Gasteiger partial charge in [-0.2, -0.15) is 4.98 Å². The zero-order chi connectivity index (χ0) is 28.5. The maximum Gasteiger partial charge on any atom is 0.325 e. The van der Waals surface area contributed by atoms with Gasteiger partial charge < -0.3 is 14.2 Å². The maximum absolute atomic E-state index is 13.7. The van der Waals surface area contributed by atoms with E-state index in [2.05, 4.69) is 61.1 Å². The highest BCUT2D eigenvalue weighted by Gasteiger charge is 2.54. The first-order valence-corrected chi connectivity index (χ1v) is 16.6. The van der Waals surface area contributed by atoms with Crippen molar-refractivity contribution in [1.82, 2.24) is 9.97 Å². The van der Waals surface area contributed by atoms with Crippen molar-refractivity contribution in [3.05, 3.63) is 78.9 Å². The van der Waals surface area contributed by atoms with Gasteiger partial charge in [0.25, 0.3) is 0 Å². The molecule has 41 heavy (non-hydrogen) atoms. The summed E-state index contributed by atoms with van der Waals surface area (Å²) in [4.78, 5) is 36.5. The van der Waals surface area contributed by atoms with Crippen molar-refractivity contribution in [3.63, 3.8) is 0 Å². The number of ether oxygens (including phenoxy) is 3. The van der Waals surface area contributed by atoms with Gasteiger partial charge >= 0.3 is 5.97 Å². The highest BCUT2D eigenvalue weighted by Crippen LogP contribution is 2.50. The van der Waals surface area contributed by atoms with Crippen LogP contribution in [0.25, 0.3) is 0 Å². The van der Waals surface area contributed by atoms with Gasteiger partial charge in [-0.3, -0.25) is 9.59 Å². The topological polar surface area (TPSA) is 87.6 Å². The molecule has 4 aliphatic rings. The Morgan fingerprint density at radius 3 is 2.49 bits per heavy atom. The average Bonchev–Trinajstić information content (AvgIpc) is 3.49. The fourth-order valence-corrected chi connectivity index (χ4v) is 8.11. The molecule has 1 fully saturated rings. The lowest BCUT2D eigenvalue weighted by molar-refractivity contribution is -0.176. The Hall–Kier alpha value is -2.11. The molecule has 1 saturated heterocycles. The zero-order valence-corrected chi connectivity index (χ0v) is 26.7. The number of hydrogen-bond donors (Lipinski definition) is 0. The molecule has 0 radical (unpaired) electrons. The van der Waals surface area contributed by atoms with Crippen LogP contribution in [0.4, 0.5) is 0 Å². The van der Waals surface area contributed by atoms with Crippen LogP contribution >= 0.6 is 43.6 Å². The molecule has 2 aliphatic carbocycles. The summed E-state index contributed by atoms with van der Waals surface area (Å²) in [6.45, 7) is 2.06. The molecule has 0 saturated carbocycles. The number of fused-ring (bicyclic) bond motifs is 5. The van der Waals surface area contributed by atoms with Gasteiger partial charge in [0.05, 0.1) is 30.1 Å². The number of aryl methyl sites for hydroxylation is 2. The van der Waals surface area contributed by atoms with E-state index in [9.17, 15) is 9.59 Å². The molecular formula is C31H28Br2N2O5S. The number of Topliss-reactive ketones (excluding diaryl/α,β-unsaturated/α-hetero) is 1. The summed E-state index contributed by atoms with van der Waals surface area (Å²) in [6.07, 6.45) is 5.80. The highest BCUT2D eigenvalue weighted by atomic mass is 79.9. The Bertz CT molecular complexity index is 1620.